The van der Waals surface area contributed by atoms with Gasteiger partial charge in [-0.1, -0.05) is 17.3 Å². The third-order valence-electron chi connectivity index (χ3n) is 6.43. The molecule has 1 atom stereocenters. The number of aromatic amines is 1. The molecule has 3 aromatic heterocycles. The maximum Gasteiger partial charge on any atom is 0.263 e. The molecule has 0 saturated carbocycles. The number of benzene rings is 1. The average molecular weight is 510 g/mol. The van der Waals surface area contributed by atoms with Crippen LogP contribution < -0.4 is 21.1 Å². The fourth-order valence-electron chi connectivity index (χ4n) is 4.39. The van der Waals surface area contributed by atoms with Crippen molar-refractivity contribution in [2.24, 2.45) is 0 Å². The van der Waals surface area contributed by atoms with Gasteiger partial charge in [-0.05, 0) is 50.6 Å². The zero-order valence-electron chi connectivity index (χ0n) is 20.5. The molecule has 0 bridgehead atoms. The smallest absolute Gasteiger partial charge is 0.263 e. The Hall–Kier alpha value is -3.35. The van der Waals surface area contributed by atoms with Crippen LogP contribution in [0.3, 0.4) is 0 Å². The van der Waals surface area contributed by atoms with Crippen LogP contribution in [0.4, 0.5) is 11.6 Å². The van der Waals surface area contributed by atoms with Gasteiger partial charge in [0.15, 0.2) is 5.82 Å². The van der Waals surface area contributed by atoms with Crippen LogP contribution >= 0.6 is 11.3 Å². The quantitative estimate of drug-likeness (QED) is 0.377. The molecule has 36 heavy (non-hydrogen) atoms. The van der Waals surface area contributed by atoms with Crippen LogP contribution in [0.5, 0.6) is 0 Å². The van der Waals surface area contributed by atoms with Crippen molar-refractivity contribution in [2.75, 3.05) is 56.5 Å². The van der Waals surface area contributed by atoms with E-state index in [1.165, 1.54) is 17.7 Å². The molecule has 3 N–H and O–H groups in total. The van der Waals surface area contributed by atoms with Gasteiger partial charge in [-0.15, -0.1) is 11.3 Å². The summed E-state index contributed by atoms with van der Waals surface area (Å²) in [6.45, 7) is 8.01. The Bertz CT molecular complexity index is 1300. The van der Waals surface area contributed by atoms with Crippen LogP contribution in [0.25, 0.3) is 20.8 Å². The van der Waals surface area contributed by atoms with E-state index in [4.69, 9.17) is 0 Å². The van der Waals surface area contributed by atoms with Crippen molar-refractivity contribution in [1.82, 2.24) is 35.5 Å². The van der Waals surface area contributed by atoms with E-state index in [2.05, 4.69) is 57.4 Å². The Morgan fingerprint density at radius 2 is 2.00 bits per heavy atom. The molecule has 0 radical (unpaired) electrons. The van der Waals surface area contributed by atoms with Crippen molar-refractivity contribution in [2.45, 2.75) is 25.8 Å². The number of anilines is 2. The second-order valence-corrected chi connectivity index (χ2v) is 10.1. The second-order valence-electron chi connectivity index (χ2n) is 9.09. The highest BCUT2D eigenvalue weighted by molar-refractivity contribution is 7.21. The third-order valence-corrected chi connectivity index (χ3v) is 7.48. The van der Waals surface area contributed by atoms with Gasteiger partial charge in [-0.25, -0.2) is 14.6 Å². The molecule has 6 rings (SSSR count). The maximum atomic E-state index is 12.4. The Labute approximate surface area is 212 Å². The number of H-pyrrole nitrogens is 1. The minimum atomic E-state index is -0.162. The molecule has 5 heterocycles. The lowest BCUT2D eigenvalue weighted by atomic mass is 10.1. The first-order chi connectivity index (χ1) is 17.6. The van der Waals surface area contributed by atoms with E-state index in [0.717, 1.165) is 73.8 Å². The average Bonchev–Trinajstić information content (AvgIpc) is 3.52. The Morgan fingerprint density at radius 3 is 2.72 bits per heavy atom. The molecule has 2 aliphatic rings. The molecule has 0 amide bonds. The number of piperazine rings is 1. The molecule has 0 spiro atoms. The molecule has 11 nitrogen and oxygen atoms in total. The van der Waals surface area contributed by atoms with Gasteiger partial charge in [0.05, 0.1) is 16.5 Å². The lowest BCUT2D eigenvalue weighted by Gasteiger charge is -2.32. The Balaban J connectivity index is 0.000000174. The van der Waals surface area contributed by atoms with Gasteiger partial charge in [0.2, 0.25) is 0 Å². The normalized spacial score (nSPS) is 18.6. The summed E-state index contributed by atoms with van der Waals surface area (Å²) in [5.41, 5.74) is 2.15. The van der Waals surface area contributed by atoms with E-state index >= 15 is 0 Å². The van der Waals surface area contributed by atoms with E-state index in [1.54, 1.807) is 0 Å². The first-order valence-corrected chi connectivity index (χ1v) is 13.0. The van der Waals surface area contributed by atoms with Gasteiger partial charge in [-0.2, -0.15) is 0 Å². The van der Waals surface area contributed by atoms with Crippen LogP contribution in [-0.4, -0.2) is 82.5 Å². The van der Waals surface area contributed by atoms with Gasteiger partial charge in [0.25, 0.3) is 5.56 Å². The summed E-state index contributed by atoms with van der Waals surface area (Å²) in [4.78, 5) is 28.5. The molecular formula is C24H31N9O2S. The number of hydrogen-bond donors (Lipinski definition) is 3. The van der Waals surface area contributed by atoms with Gasteiger partial charge >= 0.3 is 0 Å². The summed E-state index contributed by atoms with van der Waals surface area (Å²) >= 11 is 1.51. The lowest BCUT2D eigenvalue weighted by molar-refractivity contribution is 0.295. The SMILES string of the molecule is Cc1nonc1N1CCN(C)CC1.O=c1[nH]cnc(NC2CCCNC2)c1-c1nc2ccccc2s1. The number of aromatic nitrogens is 5. The summed E-state index contributed by atoms with van der Waals surface area (Å²) < 4.78 is 5.74. The fourth-order valence-corrected chi connectivity index (χ4v) is 5.40. The number of piperidine rings is 1. The number of para-hydroxylation sites is 1. The van der Waals surface area contributed by atoms with Crippen molar-refractivity contribution in [3.05, 3.63) is 46.6 Å². The predicted octanol–water partition coefficient (Wildman–Crippen LogP) is 2.34. The van der Waals surface area contributed by atoms with E-state index in [-0.39, 0.29) is 11.6 Å². The number of likely N-dealkylation sites (N-methyl/N-ethyl adjacent to an activating group) is 1. The van der Waals surface area contributed by atoms with Crippen LogP contribution in [0.15, 0.2) is 40.0 Å². The Kier molecular flexibility index (Phi) is 7.54. The molecule has 12 heteroatoms. The molecule has 2 fully saturated rings. The number of nitrogens with one attached hydrogen (secondary N) is 3. The van der Waals surface area contributed by atoms with Gasteiger partial charge < -0.3 is 25.4 Å². The number of thiazole rings is 1. The maximum absolute atomic E-state index is 12.4. The summed E-state index contributed by atoms with van der Waals surface area (Å²) in [6.07, 6.45) is 3.63. The number of hydrogen-bond acceptors (Lipinski definition) is 11. The van der Waals surface area contributed by atoms with E-state index in [1.807, 2.05) is 31.2 Å². The van der Waals surface area contributed by atoms with Crippen molar-refractivity contribution in [3.8, 4) is 10.6 Å². The van der Waals surface area contributed by atoms with Gasteiger partial charge in [0, 0.05) is 38.8 Å². The van der Waals surface area contributed by atoms with Gasteiger partial charge in [-0.3, -0.25) is 4.79 Å². The predicted molar refractivity (Wildman–Crippen MR) is 142 cm³/mol. The van der Waals surface area contributed by atoms with Crippen molar-refractivity contribution in [3.63, 3.8) is 0 Å². The molecular weight excluding hydrogens is 478 g/mol. The molecule has 0 aliphatic carbocycles. The van der Waals surface area contributed by atoms with Crippen LogP contribution in [-0.2, 0) is 0 Å². The van der Waals surface area contributed by atoms with Gasteiger partial charge in [0.1, 0.15) is 22.1 Å². The number of fused-ring (bicyclic) bond motifs is 1. The third kappa shape index (κ3) is 5.55. The number of nitrogens with zero attached hydrogens (tertiary/aromatic N) is 6. The van der Waals surface area contributed by atoms with E-state index < -0.39 is 0 Å². The largest absolute Gasteiger partial charge is 0.365 e. The number of aryl methyl sites for hydroxylation is 1. The molecule has 2 saturated heterocycles. The highest BCUT2D eigenvalue weighted by Gasteiger charge is 2.20. The van der Waals surface area contributed by atoms with Crippen LogP contribution in [0.1, 0.15) is 18.5 Å². The topological polar surface area (TPSA) is 128 Å². The van der Waals surface area contributed by atoms with Crippen molar-refractivity contribution < 1.29 is 4.63 Å². The Morgan fingerprint density at radius 1 is 1.17 bits per heavy atom. The molecule has 1 unspecified atom stereocenters. The zero-order chi connectivity index (χ0) is 24.9. The van der Waals surface area contributed by atoms with Crippen LogP contribution in [0.2, 0.25) is 0 Å². The fraction of sp³-hybridized carbons (Fsp3) is 0.458. The van der Waals surface area contributed by atoms with E-state index in [0.29, 0.717) is 16.4 Å². The zero-order valence-corrected chi connectivity index (χ0v) is 21.3. The molecule has 1 aromatic carbocycles. The number of rotatable bonds is 4. The molecule has 4 aromatic rings. The summed E-state index contributed by atoms with van der Waals surface area (Å²) in [5, 5.41) is 15.1. The van der Waals surface area contributed by atoms with Crippen molar-refractivity contribution in [1.29, 1.82) is 0 Å². The van der Waals surface area contributed by atoms with Crippen molar-refractivity contribution >= 4 is 33.2 Å². The molecule has 2 aliphatic heterocycles. The first kappa shape index (κ1) is 24.3. The lowest BCUT2D eigenvalue weighted by Crippen LogP contribution is -2.44. The summed E-state index contributed by atoms with van der Waals surface area (Å²) in [5.74, 6) is 1.51. The summed E-state index contributed by atoms with van der Waals surface area (Å²) in [7, 11) is 2.13. The monoisotopic (exact) mass is 509 g/mol. The highest BCUT2D eigenvalue weighted by atomic mass is 32.1. The van der Waals surface area contributed by atoms with E-state index in [9.17, 15) is 4.79 Å². The second kappa shape index (κ2) is 11.1. The summed E-state index contributed by atoms with van der Waals surface area (Å²) in [6, 6.07) is 8.18. The first-order valence-electron chi connectivity index (χ1n) is 12.2. The molecule has 190 valence electrons. The van der Waals surface area contributed by atoms with Crippen LogP contribution in [0, 0.1) is 6.92 Å². The highest BCUT2D eigenvalue weighted by Crippen LogP contribution is 2.31. The minimum absolute atomic E-state index is 0.162. The standard InChI is InChI=1S/C16H17N5OS.C8H14N4O/c22-15-13(16-21-11-5-1-2-6-12(11)23-16)14(18-9-19-15)20-10-4-3-7-17-8-10;1-7-8(10-13-9-7)12-5-3-11(2)4-6-12/h1-2,5-6,9-10,17H,3-4,7-8H2,(H2,18,19,20,22);3-6H2,1-2H3. The minimum Gasteiger partial charge on any atom is -0.365 e.